The van der Waals surface area contributed by atoms with E-state index in [1.807, 2.05) is 13.8 Å². The molecule has 9 nitrogen and oxygen atoms in total. The molecule has 1 rings (SSSR count). The number of hydrogen-bond donors (Lipinski definition) is 1. The summed E-state index contributed by atoms with van der Waals surface area (Å²) in [5.41, 5.74) is -0.547. The van der Waals surface area contributed by atoms with Crippen molar-refractivity contribution in [3.8, 4) is 0 Å². The quantitative estimate of drug-likeness (QED) is 0.634. The van der Waals surface area contributed by atoms with E-state index in [1.54, 1.807) is 20.8 Å². The van der Waals surface area contributed by atoms with Crippen molar-refractivity contribution < 1.29 is 28.6 Å². The molecule has 0 aliphatic carbocycles. The molecule has 25 heavy (non-hydrogen) atoms. The largest absolute Gasteiger partial charge is 0.464 e. The molecular formula is C16H27N3O6. The molecule has 0 spiro atoms. The van der Waals surface area contributed by atoms with Crippen molar-refractivity contribution >= 4 is 18.0 Å². The van der Waals surface area contributed by atoms with Crippen LogP contribution in [0.2, 0.25) is 0 Å². The van der Waals surface area contributed by atoms with Gasteiger partial charge in [-0.15, -0.1) is 0 Å². The maximum Gasteiger partial charge on any atom is 0.407 e. The number of rotatable bonds is 5. The summed E-state index contributed by atoms with van der Waals surface area (Å²) in [4.78, 5) is 34.7. The first-order chi connectivity index (χ1) is 11.7. The van der Waals surface area contributed by atoms with E-state index in [4.69, 9.17) is 4.74 Å². The van der Waals surface area contributed by atoms with Crippen LogP contribution in [0.5, 0.6) is 0 Å². The maximum atomic E-state index is 11.7. The van der Waals surface area contributed by atoms with E-state index < -0.39 is 23.6 Å². The van der Waals surface area contributed by atoms with Gasteiger partial charge in [-0.3, -0.25) is 4.68 Å². The molecule has 0 aliphatic rings. The number of aromatic nitrogens is 2. The highest BCUT2D eigenvalue weighted by atomic mass is 16.6. The predicted molar refractivity (Wildman–Crippen MR) is 90.5 cm³/mol. The molecule has 0 fully saturated rings. The number of methoxy groups -OCH3 is 2. The van der Waals surface area contributed by atoms with Gasteiger partial charge in [0.25, 0.3) is 0 Å². The summed E-state index contributed by atoms with van der Waals surface area (Å²) in [5.74, 6) is -1.32. The molecule has 0 saturated carbocycles. The fraction of sp³-hybridized carbons (Fsp3) is 0.625. The Labute approximate surface area is 147 Å². The molecule has 1 heterocycles. The van der Waals surface area contributed by atoms with Crippen LogP contribution in [0.15, 0.2) is 6.07 Å². The highest BCUT2D eigenvalue weighted by Crippen LogP contribution is 2.08. The molecule has 142 valence electrons. The smallest absolute Gasteiger partial charge is 0.407 e. The van der Waals surface area contributed by atoms with Gasteiger partial charge in [0.2, 0.25) is 0 Å². The van der Waals surface area contributed by atoms with Crippen LogP contribution in [0.4, 0.5) is 4.79 Å². The first-order valence-electron chi connectivity index (χ1n) is 7.89. The number of alkyl carbamates (subject to hydrolysis) is 1. The standard InChI is InChI=1S/C14H21N3O6.C2H6/c1-14(2,3)23-13(20)15-6-7-17-10(12(19)22-5)8-9(16-17)11(18)21-4;1-2/h8H,6-7H2,1-5H3,(H,15,20);1-2H3. The molecule has 0 bridgehead atoms. The van der Waals surface area contributed by atoms with Crippen molar-refractivity contribution in [2.24, 2.45) is 0 Å². The molecule has 0 radical (unpaired) electrons. The minimum Gasteiger partial charge on any atom is -0.464 e. The lowest BCUT2D eigenvalue weighted by atomic mass is 10.2. The Kier molecular flexibility index (Phi) is 9.25. The Hall–Kier alpha value is -2.58. The van der Waals surface area contributed by atoms with Gasteiger partial charge in [-0.05, 0) is 20.8 Å². The summed E-state index contributed by atoms with van der Waals surface area (Å²) in [7, 11) is 2.43. The number of ether oxygens (including phenoxy) is 3. The van der Waals surface area contributed by atoms with Crippen molar-refractivity contribution in [1.82, 2.24) is 15.1 Å². The topological polar surface area (TPSA) is 109 Å². The molecule has 1 aromatic rings. The van der Waals surface area contributed by atoms with E-state index in [0.717, 1.165) is 0 Å². The van der Waals surface area contributed by atoms with Crippen LogP contribution >= 0.6 is 0 Å². The second-order valence-corrected chi connectivity index (χ2v) is 5.55. The van der Waals surface area contributed by atoms with Crippen molar-refractivity contribution in [2.45, 2.75) is 46.8 Å². The first kappa shape index (κ1) is 22.4. The molecule has 0 aromatic carbocycles. The van der Waals surface area contributed by atoms with E-state index in [9.17, 15) is 14.4 Å². The summed E-state index contributed by atoms with van der Waals surface area (Å²) in [6.07, 6.45) is -0.586. The van der Waals surface area contributed by atoms with Crippen LogP contribution in [0, 0.1) is 0 Å². The maximum absolute atomic E-state index is 11.7. The van der Waals surface area contributed by atoms with Gasteiger partial charge in [0, 0.05) is 12.6 Å². The van der Waals surface area contributed by atoms with Crippen LogP contribution in [0.25, 0.3) is 0 Å². The van der Waals surface area contributed by atoms with Crippen molar-refractivity contribution in [2.75, 3.05) is 20.8 Å². The molecule has 1 amide bonds. The van der Waals surface area contributed by atoms with E-state index in [-0.39, 0.29) is 24.5 Å². The molecule has 0 aliphatic heterocycles. The number of nitrogens with one attached hydrogen (secondary N) is 1. The van der Waals surface area contributed by atoms with Gasteiger partial charge in [-0.2, -0.15) is 5.10 Å². The number of nitrogens with zero attached hydrogens (tertiary/aromatic N) is 2. The van der Waals surface area contributed by atoms with E-state index >= 15 is 0 Å². The summed E-state index contributed by atoms with van der Waals surface area (Å²) < 4.78 is 15.5. The van der Waals surface area contributed by atoms with Gasteiger partial charge >= 0.3 is 18.0 Å². The summed E-state index contributed by atoms with van der Waals surface area (Å²) in [6.45, 7) is 9.55. The van der Waals surface area contributed by atoms with Gasteiger partial charge in [0.1, 0.15) is 11.3 Å². The molecule has 0 saturated heterocycles. The van der Waals surface area contributed by atoms with Crippen molar-refractivity contribution in [1.29, 1.82) is 0 Å². The van der Waals surface area contributed by atoms with Crippen molar-refractivity contribution in [3.63, 3.8) is 0 Å². The van der Waals surface area contributed by atoms with Crippen LogP contribution in [0.3, 0.4) is 0 Å². The lowest BCUT2D eigenvalue weighted by Crippen LogP contribution is -2.34. The first-order valence-corrected chi connectivity index (χ1v) is 7.89. The third-order valence-electron chi connectivity index (χ3n) is 2.56. The third kappa shape index (κ3) is 7.69. The Morgan fingerprint density at radius 2 is 1.68 bits per heavy atom. The van der Waals surface area contributed by atoms with Crippen LogP contribution in [0.1, 0.15) is 55.6 Å². The second kappa shape index (κ2) is 10.3. The Balaban J connectivity index is 0.00000277. The Bertz CT molecular complexity index is 589. The predicted octanol–water partition coefficient (Wildman–Crippen LogP) is 2.01. The lowest BCUT2D eigenvalue weighted by Gasteiger charge is -2.19. The number of esters is 2. The van der Waals surface area contributed by atoms with Crippen molar-refractivity contribution in [3.05, 3.63) is 17.5 Å². The second-order valence-electron chi connectivity index (χ2n) is 5.55. The average molecular weight is 357 g/mol. The zero-order chi connectivity index (χ0) is 19.6. The van der Waals surface area contributed by atoms with Gasteiger partial charge in [-0.25, -0.2) is 14.4 Å². The summed E-state index contributed by atoms with van der Waals surface area (Å²) in [5, 5.41) is 6.50. The van der Waals surface area contributed by atoms with Crippen LogP contribution in [-0.4, -0.2) is 54.2 Å². The van der Waals surface area contributed by atoms with Gasteiger partial charge < -0.3 is 19.5 Å². The minimum atomic E-state index is -0.672. The number of carbonyl (C=O) groups excluding carboxylic acids is 3. The highest BCUT2D eigenvalue weighted by Gasteiger charge is 2.20. The molecule has 1 N–H and O–H groups in total. The van der Waals surface area contributed by atoms with E-state index in [0.29, 0.717) is 0 Å². The molecular weight excluding hydrogens is 330 g/mol. The Morgan fingerprint density at radius 1 is 1.12 bits per heavy atom. The molecule has 1 aromatic heterocycles. The van der Waals surface area contributed by atoms with Gasteiger partial charge in [0.05, 0.1) is 20.8 Å². The fourth-order valence-electron chi connectivity index (χ4n) is 1.64. The van der Waals surface area contributed by atoms with Gasteiger partial charge in [0.15, 0.2) is 5.69 Å². The zero-order valence-corrected chi connectivity index (χ0v) is 15.8. The lowest BCUT2D eigenvalue weighted by molar-refractivity contribution is 0.0522. The van der Waals surface area contributed by atoms with E-state index in [1.165, 1.54) is 25.0 Å². The van der Waals surface area contributed by atoms with E-state index in [2.05, 4.69) is 19.9 Å². The average Bonchev–Trinajstić information content (AvgIpc) is 2.97. The zero-order valence-electron chi connectivity index (χ0n) is 15.8. The Morgan fingerprint density at radius 3 is 2.16 bits per heavy atom. The fourth-order valence-corrected chi connectivity index (χ4v) is 1.64. The molecule has 0 unspecified atom stereocenters. The van der Waals surface area contributed by atoms with Crippen LogP contribution < -0.4 is 5.32 Å². The molecule has 9 heteroatoms. The number of carbonyl (C=O) groups is 3. The SMILES string of the molecule is CC.COC(=O)c1cc(C(=O)OC)n(CCNC(=O)OC(C)(C)C)n1. The normalized spacial score (nSPS) is 10.2. The minimum absolute atomic E-state index is 0.0230. The summed E-state index contributed by atoms with van der Waals surface area (Å²) in [6, 6.07) is 1.27. The number of amides is 1. The summed E-state index contributed by atoms with van der Waals surface area (Å²) >= 11 is 0. The molecule has 0 atom stereocenters. The van der Waals surface area contributed by atoms with Crippen LogP contribution in [-0.2, 0) is 20.8 Å². The third-order valence-corrected chi connectivity index (χ3v) is 2.56. The van der Waals surface area contributed by atoms with Gasteiger partial charge in [-0.1, -0.05) is 13.8 Å². The highest BCUT2D eigenvalue weighted by molar-refractivity contribution is 5.93. The number of hydrogen-bond acceptors (Lipinski definition) is 7. The monoisotopic (exact) mass is 357 g/mol.